The van der Waals surface area contributed by atoms with Crippen LogP contribution < -0.4 is 30.9 Å². The van der Waals surface area contributed by atoms with E-state index in [4.69, 9.17) is 4.74 Å². The van der Waals surface area contributed by atoms with Crippen molar-refractivity contribution in [2.24, 2.45) is 0 Å². The predicted octanol–water partition coefficient (Wildman–Crippen LogP) is 5.96. The molecule has 4 N–H and O–H groups in total. The number of piperidine rings is 2. The summed E-state index contributed by atoms with van der Waals surface area (Å²) < 4.78 is 63.2. The second kappa shape index (κ2) is 16.3. The molecule has 4 amide bonds. The van der Waals surface area contributed by atoms with Crippen molar-refractivity contribution < 1.29 is 41.5 Å². The smallest absolute Gasteiger partial charge is 0.419 e. The van der Waals surface area contributed by atoms with Gasteiger partial charge in [-0.2, -0.15) is 13.2 Å². The summed E-state index contributed by atoms with van der Waals surface area (Å²) in [5.74, 6) is -2.00. The summed E-state index contributed by atoms with van der Waals surface area (Å²) in [5, 5.41) is 10.6. The van der Waals surface area contributed by atoms with Crippen LogP contribution in [0.2, 0.25) is 0 Å². The Bertz CT molecular complexity index is 2260. The van der Waals surface area contributed by atoms with Gasteiger partial charge in [0.15, 0.2) is 0 Å². The van der Waals surface area contributed by atoms with Gasteiger partial charge in [0.05, 0.1) is 40.9 Å². The van der Waals surface area contributed by atoms with Crippen LogP contribution >= 0.6 is 0 Å². The van der Waals surface area contributed by atoms with E-state index in [1.165, 1.54) is 43.3 Å². The number of anilines is 5. The van der Waals surface area contributed by atoms with Gasteiger partial charge in [-0.1, -0.05) is 18.2 Å². The number of carbonyl (C=O) groups excluding carboxylic acids is 4. The molecule has 3 aliphatic rings. The molecule has 4 heterocycles. The lowest BCUT2D eigenvalue weighted by atomic mass is 10.0. The van der Waals surface area contributed by atoms with Crippen LogP contribution in [0.3, 0.4) is 0 Å². The zero-order valence-electron chi connectivity index (χ0n) is 32.0. The first-order valence-corrected chi connectivity index (χ1v) is 18.8. The number of pyridine rings is 1. The molecule has 3 aromatic carbocycles. The average Bonchev–Trinajstić information content (AvgIpc) is 3.53. The minimum atomic E-state index is -4.72. The Morgan fingerprint density at radius 2 is 1.74 bits per heavy atom. The molecule has 2 saturated heterocycles. The maximum Gasteiger partial charge on any atom is 0.419 e. The minimum Gasteiger partial charge on any atom is -0.494 e. The molecule has 3 aliphatic heterocycles. The van der Waals surface area contributed by atoms with E-state index >= 15 is 4.39 Å². The van der Waals surface area contributed by atoms with Gasteiger partial charge in [-0.05, 0) is 67.8 Å². The summed E-state index contributed by atoms with van der Waals surface area (Å²) in [7, 11) is 4.91. The fraction of sp³-hybridized carbons (Fsp3) is 0.341. The van der Waals surface area contributed by atoms with E-state index in [1.54, 1.807) is 18.2 Å². The predicted molar refractivity (Wildman–Crippen MR) is 208 cm³/mol. The SMILES string of the molecule is CNC(=O)c1ccccc1Nc1cc(Nc2ccc(N3CCC(N(C)Cc4cc(F)c5c(c4)CN(C4CCC(=O)NC4=O)C5=O)CC3)cc2OC)ncc1C(F)(F)F. The van der Waals surface area contributed by atoms with E-state index in [-0.39, 0.29) is 59.7 Å². The number of amides is 4. The topological polar surface area (TPSA) is 148 Å². The highest BCUT2D eigenvalue weighted by Crippen LogP contribution is 2.39. The zero-order valence-corrected chi connectivity index (χ0v) is 32.0. The second-order valence-electron chi connectivity index (χ2n) is 14.5. The van der Waals surface area contributed by atoms with Crippen LogP contribution in [0.4, 0.5) is 46.1 Å². The normalized spacial score (nSPS) is 17.3. The van der Waals surface area contributed by atoms with Crippen molar-refractivity contribution in [3.8, 4) is 5.75 Å². The van der Waals surface area contributed by atoms with E-state index in [1.807, 2.05) is 25.2 Å². The summed E-state index contributed by atoms with van der Waals surface area (Å²) in [4.78, 5) is 59.3. The number of methoxy groups -OCH3 is 1. The molecule has 0 radical (unpaired) electrons. The summed E-state index contributed by atoms with van der Waals surface area (Å²) in [6, 6.07) is 15.6. The Hall–Kier alpha value is -6.23. The molecule has 0 spiro atoms. The zero-order chi connectivity index (χ0) is 41.3. The Morgan fingerprint density at radius 3 is 2.45 bits per heavy atom. The van der Waals surface area contributed by atoms with Crippen LogP contribution in [-0.2, 0) is 28.9 Å². The van der Waals surface area contributed by atoms with Gasteiger partial charge >= 0.3 is 6.18 Å². The molecular formula is C41H42F4N8O5. The summed E-state index contributed by atoms with van der Waals surface area (Å²) in [6.45, 7) is 1.98. The highest BCUT2D eigenvalue weighted by Gasteiger charge is 2.41. The third-order valence-corrected chi connectivity index (χ3v) is 10.8. The summed E-state index contributed by atoms with van der Waals surface area (Å²) in [6.07, 6.45) is -2.05. The number of benzene rings is 3. The molecule has 1 unspecified atom stereocenters. The molecular weight excluding hydrogens is 760 g/mol. The minimum absolute atomic E-state index is 0.0286. The number of rotatable bonds is 11. The molecule has 0 saturated carbocycles. The molecule has 0 bridgehead atoms. The third kappa shape index (κ3) is 8.25. The number of carbonyl (C=O) groups is 4. The average molecular weight is 803 g/mol. The number of hydrogen-bond acceptors (Lipinski definition) is 10. The van der Waals surface area contributed by atoms with Crippen molar-refractivity contribution in [2.45, 2.75) is 57.0 Å². The lowest BCUT2D eigenvalue weighted by molar-refractivity contribution is -0.138. The first-order valence-electron chi connectivity index (χ1n) is 18.8. The third-order valence-electron chi connectivity index (χ3n) is 10.8. The number of nitrogens with one attached hydrogen (secondary N) is 4. The molecule has 13 nitrogen and oxygen atoms in total. The first kappa shape index (κ1) is 40.0. The van der Waals surface area contributed by atoms with Crippen molar-refractivity contribution >= 4 is 52.2 Å². The van der Waals surface area contributed by atoms with Crippen LogP contribution in [0.5, 0.6) is 5.75 Å². The second-order valence-corrected chi connectivity index (χ2v) is 14.5. The number of aromatic nitrogens is 1. The van der Waals surface area contributed by atoms with Crippen LogP contribution in [0.1, 0.15) is 63.1 Å². The molecule has 1 atom stereocenters. The number of halogens is 4. The number of ether oxygens (including phenoxy) is 1. The fourth-order valence-corrected chi connectivity index (χ4v) is 7.83. The lowest BCUT2D eigenvalue weighted by Gasteiger charge is -2.38. The van der Waals surface area contributed by atoms with Crippen LogP contribution in [0.15, 0.2) is 66.9 Å². The van der Waals surface area contributed by atoms with Gasteiger partial charge in [0.25, 0.3) is 11.8 Å². The fourth-order valence-electron chi connectivity index (χ4n) is 7.83. The lowest BCUT2D eigenvalue weighted by Crippen LogP contribution is -2.52. The number of para-hydroxylation sites is 1. The van der Waals surface area contributed by atoms with E-state index in [9.17, 15) is 32.3 Å². The van der Waals surface area contributed by atoms with Crippen molar-refractivity contribution in [3.63, 3.8) is 0 Å². The van der Waals surface area contributed by atoms with E-state index < -0.39 is 41.3 Å². The molecule has 7 rings (SSSR count). The van der Waals surface area contributed by atoms with Gasteiger partial charge in [-0.15, -0.1) is 0 Å². The number of nitrogens with zero attached hydrogens (tertiary/aromatic N) is 4. The Labute approximate surface area is 331 Å². The Morgan fingerprint density at radius 1 is 0.983 bits per heavy atom. The van der Waals surface area contributed by atoms with Crippen molar-refractivity contribution in [1.82, 2.24) is 25.4 Å². The van der Waals surface area contributed by atoms with Crippen LogP contribution in [0.25, 0.3) is 0 Å². The maximum absolute atomic E-state index is 15.3. The molecule has 1 aromatic heterocycles. The van der Waals surface area contributed by atoms with E-state index in [0.717, 1.165) is 24.7 Å². The van der Waals surface area contributed by atoms with Gasteiger partial charge in [0.2, 0.25) is 11.8 Å². The molecule has 17 heteroatoms. The molecule has 304 valence electrons. The summed E-state index contributed by atoms with van der Waals surface area (Å²) in [5.41, 5.74) is 1.65. The molecule has 2 fully saturated rings. The van der Waals surface area contributed by atoms with Gasteiger partial charge in [-0.25, -0.2) is 9.37 Å². The molecule has 0 aliphatic carbocycles. The van der Waals surface area contributed by atoms with Gasteiger partial charge in [0.1, 0.15) is 23.4 Å². The van der Waals surface area contributed by atoms with Crippen LogP contribution in [0, 0.1) is 5.82 Å². The van der Waals surface area contributed by atoms with Crippen molar-refractivity contribution in [3.05, 3.63) is 100 Å². The quantitative estimate of drug-likeness (QED) is 0.106. The van der Waals surface area contributed by atoms with Crippen molar-refractivity contribution in [1.29, 1.82) is 0 Å². The highest BCUT2D eigenvalue weighted by atomic mass is 19.4. The van der Waals surface area contributed by atoms with Crippen LogP contribution in [-0.4, -0.2) is 84.8 Å². The van der Waals surface area contributed by atoms with E-state index in [2.05, 4.69) is 36.1 Å². The highest BCUT2D eigenvalue weighted by molar-refractivity contribution is 6.05. The largest absolute Gasteiger partial charge is 0.494 e. The van der Waals surface area contributed by atoms with Gasteiger partial charge < -0.3 is 30.5 Å². The monoisotopic (exact) mass is 802 g/mol. The van der Waals surface area contributed by atoms with Gasteiger partial charge in [0, 0.05) is 69.7 Å². The number of alkyl halides is 3. The maximum atomic E-state index is 15.3. The molecule has 58 heavy (non-hydrogen) atoms. The number of imide groups is 1. The Balaban J connectivity index is 0.992. The Kier molecular flexibility index (Phi) is 11.3. The summed E-state index contributed by atoms with van der Waals surface area (Å²) >= 11 is 0. The van der Waals surface area contributed by atoms with Crippen molar-refractivity contribution in [2.75, 3.05) is 49.8 Å². The number of hydrogen-bond donors (Lipinski definition) is 4. The number of fused-ring (bicyclic) bond motifs is 1. The van der Waals surface area contributed by atoms with Gasteiger partial charge in [-0.3, -0.25) is 29.4 Å². The standard InChI is InChI=1S/C41H42F4N8O5/c1-46-38(55)27-6-4-5-7-30(27)48-32-19-35(47-20-28(32)41(43,44)45)49-31-9-8-26(18-34(31)58-3)52-14-12-25(13-15-52)51(2)21-23-16-24-22-53(40(57)37(24)29(42)17-23)33-10-11-36(54)50-39(33)56/h4-9,16-20,25,33H,10-15,21-22H2,1-3H3,(H,46,55)(H2,47,48,49)(H,50,54,56). The molecule has 4 aromatic rings. The first-order chi connectivity index (χ1) is 27.7. The van der Waals surface area contributed by atoms with E-state index in [0.29, 0.717) is 42.2 Å².